The van der Waals surface area contributed by atoms with Gasteiger partial charge in [-0.3, -0.25) is 4.79 Å². The summed E-state index contributed by atoms with van der Waals surface area (Å²) < 4.78 is 54.9. The molecule has 3 N–H and O–H groups in total. The number of pyridine rings is 1. The molecule has 0 fully saturated rings. The van der Waals surface area contributed by atoms with Crippen LogP contribution in [0.3, 0.4) is 0 Å². The molecule has 1 amide bonds. The molecule has 1 unspecified atom stereocenters. The highest BCUT2D eigenvalue weighted by Crippen LogP contribution is 2.40. The zero-order valence-corrected chi connectivity index (χ0v) is 17.8. The van der Waals surface area contributed by atoms with Crippen molar-refractivity contribution in [2.24, 2.45) is 5.73 Å². The van der Waals surface area contributed by atoms with Crippen LogP contribution < -0.4 is 5.73 Å². The van der Waals surface area contributed by atoms with Gasteiger partial charge < -0.3 is 10.8 Å². The molecule has 1 atom stereocenters. The Hall–Kier alpha value is -3.86. The van der Waals surface area contributed by atoms with E-state index in [0.717, 1.165) is 10.9 Å². The second-order valence-electron chi connectivity index (χ2n) is 7.79. The molecule has 0 saturated carbocycles. The molecular weight excluding hydrogens is 454 g/mol. The van der Waals surface area contributed by atoms with Crippen molar-refractivity contribution >= 4 is 16.8 Å². The first-order chi connectivity index (χ1) is 16.0. The lowest BCUT2D eigenvalue weighted by Gasteiger charge is -2.26. The van der Waals surface area contributed by atoms with Gasteiger partial charge in [-0.15, -0.1) is 5.10 Å². The van der Waals surface area contributed by atoms with Gasteiger partial charge in [0.1, 0.15) is 17.2 Å². The number of carbonyl (C=O) groups is 1. The highest BCUT2D eigenvalue weighted by molar-refractivity contribution is 6.00. The van der Waals surface area contributed by atoms with Gasteiger partial charge in [0.05, 0.1) is 18.3 Å². The third kappa shape index (κ3) is 4.21. The van der Waals surface area contributed by atoms with Gasteiger partial charge in [-0.2, -0.15) is 13.2 Å². The minimum absolute atomic E-state index is 0.0230. The number of nitrogens with zero attached hydrogens (tertiary/aromatic N) is 4. The van der Waals surface area contributed by atoms with Gasteiger partial charge in [0.25, 0.3) is 5.91 Å². The summed E-state index contributed by atoms with van der Waals surface area (Å²) in [6.07, 6.45) is -4.49. The number of hydrogen-bond donors (Lipinski definition) is 2. The number of rotatable bonds is 6. The van der Waals surface area contributed by atoms with Crippen LogP contribution in [0.1, 0.15) is 35.1 Å². The average Bonchev–Trinajstić information content (AvgIpc) is 3.25. The number of aromatic nitrogens is 4. The molecular formula is C23H19F4N5O2. The second-order valence-corrected chi connectivity index (χ2v) is 7.79. The van der Waals surface area contributed by atoms with Gasteiger partial charge in [0.15, 0.2) is 0 Å². The third-order valence-corrected chi connectivity index (χ3v) is 5.55. The molecule has 4 rings (SSSR count). The smallest absolute Gasteiger partial charge is 0.375 e. The van der Waals surface area contributed by atoms with Gasteiger partial charge in [-0.1, -0.05) is 36.4 Å². The Bertz CT molecular complexity index is 1390. The Morgan fingerprint density at radius 2 is 1.91 bits per heavy atom. The van der Waals surface area contributed by atoms with Gasteiger partial charge in [-0.05, 0) is 47.4 Å². The molecule has 176 valence electrons. The van der Waals surface area contributed by atoms with Crippen molar-refractivity contribution in [1.29, 1.82) is 0 Å². The number of nitrogens with two attached hydrogens (primary N) is 1. The summed E-state index contributed by atoms with van der Waals surface area (Å²) in [6, 6.07) is 12.4. The number of halogens is 4. The maximum absolute atomic E-state index is 13.8. The van der Waals surface area contributed by atoms with Crippen LogP contribution in [0.25, 0.3) is 22.0 Å². The van der Waals surface area contributed by atoms with Crippen LogP contribution >= 0.6 is 0 Å². The first-order valence-electron chi connectivity index (χ1n) is 10.2. The molecule has 0 saturated heterocycles. The predicted molar refractivity (Wildman–Crippen MR) is 115 cm³/mol. The molecule has 0 aliphatic rings. The third-order valence-electron chi connectivity index (χ3n) is 5.55. The fraction of sp³-hybridized carbons (Fsp3) is 0.217. The van der Waals surface area contributed by atoms with Crippen LogP contribution in [-0.4, -0.2) is 37.2 Å². The van der Waals surface area contributed by atoms with Crippen LogP contribution in [-0.2, 0) is 12.1 Å². The van der Waals surface area contributed by atoms with E-state index in [0.29, 0.717) is 27.6 Å². The van der Waals surface area contributed by atoms with Crippen LogP contribution in [0.15, 0.2) is 54.7 Å². The molecule has 0 spiro atoms. The summed E-state index contributed by atoms with van der Waals surface area (Å²) in [5, 5.41) is 17.9. The van der Waals surface area contributed by atoms with E-state index in [4.69, 9.17) is 5.73 Å². The second kappa shape index (κ2) is 8.49. The molecule has 7 nitrogen and oxygen atoms in total. The molecule has 11 heteroatoms. The Morgan fingerprint density at radius 1 is 1.15 bits per heavy atom. The van der Waals surface area contributed by atoms with E-state index < -0.39 is 35.6 Å². The lowest BCUT2D eigenvalue weighted by molar-refractivity contribution is -0.269. The minimum atomic E-state index is -4.91. The van der Waals surface area contributed by atoms with Crippen molar-refractivity contribution in [3.63, 3.8) is 0 Å². The maximum atomic E-state index is 13.8. The number of carbonyl (C=O) groups excluding carboxylic acids is 1. The van der Waals surface area contributed by atoms with E-state index in [1.165, 1.54) is 31.2 Å². The number of fused-ring (bicyclic) bond motifs is 1. The van der Waals surface area contributed by atoms with Crippen molar-refractivity contribution < 1.29 is 27.5 Å². The molecule has 0 bridgehead atoms. The zero-order valence-electron chi connectivity index (χ0n) is 17.8. The van der Waals surface area contributed by atoms with E-state index in [2.05, 4.69) is 15.3 Å². The summed E-state index contributed by atoms with van der Waals surface area (Å²) in [6.45, 7) is 1.23. The summed E-state index contributed by atoms with van der Waals surface area (Å²) in [5.41, 5.74) is 3.73. The number of amides is 1. The molecule has 0 aliphatic carbocycles. The fourth-order valence-corrected chi connectivity index (χ4v) is 3.67. The van der Waals surface area contributed by atoms with Gasteiger partial charge in [0, 0.05) is 5.39 Å². The molecule has 0 radical (unpaired) electrons. The van der Waals surface area contributed by atoms with Gasteiger partial charge in [-0.25, -0.2) is 14.1 Å². The first-order valence-corrected chi connectivity index (χ1v) is 10.2. The summed E-state index contributed by atoms with van der Waals surface area (Å²) in [7, 11) is 0. The SMILES string of the molecule is CCC(O)(c1cn(Cc2ccc3c(-c4cccc(F)c4)cc(C(N)=O)nc3c2)nn1)C(F)(F)F. The van der Waals surface area contributed by atoms with E-state index >= 15 is 0 Å². The number of benzene rings is 2. The fourth-order valence-electron chi connectivity index (χ4n) is 3.67. The average molecular weight is 473 g/mol. The van der Waals surface area contributed by atoms with Crippen LogP contribution in [0.5, 0.6) is 0 Å². The Kier molecular flexibility index (Phi) is 5.82. The summed E-state index contributed by atoms with van der Waals surface area (Å²) in [5.74, 6) is -1.22. The lowest BCUT2D eigenvalue weighted by Crippen LogP contribution is -2.42. The predicted octanol–water partition coefficient (Wildman–Crippen LogP) is 3.94. The van der Waals surface area contributed by atoms with Crippen molar-refractivity contribution in [1.82, 2.24) is 20.0 Å². The monoisotopic (exact) mass is 473 g/mol. The summed E-state index contributed by atoms with van der Waals surface area (Å²) >= 11 is 0. The summed E-state index contributed by atoms with van der Waals surface area (Å²) in [4.78, 5) is 16.1. The minimum Gasteiger partial charge on any atom is -0.375 e. The van der Waals surface area contributed by atoms with Gasteiger partial charge >= 0.3 is 6.18 Å². The van der Waals surface area contributed by atoms with E-state index in [9.17, 15) is 27.5 Å². The molecule has 2 heterocycles. The lowest BCUT2D eigenvalue weighted by atomic mass is 9.96. The maximum Gasteiger partial charge on any atom is 0.423 e. The number of aliphatic hydroxyl groups is 1. The van der Waals surface area contributed by atoms with Gasteiger partial charge in [0.2, 0.25) is 5.60 Å². The van der Waals surface area contributed by atoms with E-state index in [1.54, 1.807) is 24.3 Å². The number of alkyl halides is 3. The van der Waals surface area contributed by atoms with Crippen LogP contribution in [0, 0.1) is 5.82 Å². The Balaban J connectivity index is 1.74. The zero-order chi connectivity index (χ0) is 24.7. The molecule has 2 aromatic heterocycles. The first kappa shape index (κ1) is 23.3. The van der Waals surface area contributed by atoms with Crippen molar-refractivity contribution in [2.45, 2.75) is 31.7 Å². The topological polar surface area (TPSA) is 107 Å². The van der Waals surface area contributed by atoms with Crippen LogP contribution in [0.4, 0.5) is 17.6 Å². The van der Waals surface area contributed by atoms with Crippen molar-refractivity contribution in [2.75, 3.05) is 0 Å². The molecule has 2 aromatic carbocycles. The van der Waals surface area contributed by atoms with Crippen LogP contribution in [0.2, 0.25) is 0 Å². The number of primary amides is 1. The Morgan fingerprint density at radius 3 is 2.56 bits per heavy atom. The largest absolute Gasteiger partial charge is 0.423 e. The Labute approximate surface area is 190 Å². The molecule has 0 aliphatic heterocycles. The highest BCUT2D eigenvalue weighted by Gasteiger charge is 2.55. The van der Waals surface area contributed by atoms with Crippen molar-refractivity contribution in [3.05, 3.63) is 77.5 Å². The molecule has 4 aromatic rings. The van der Waals surface area contributed by atoms with E-state index in [-0.39, 0.29) is 12.2 Å². The highest BCUT2D eigenvalue weighted by atomic mass is 19.4. The van der Waals surface area contributed by atoms with Crippen molar-refractivity contribution in [3.8, 4) is 11.1 Å². The quantitative estimate of drug-likeness (QED) is 0.413. The number of hydrogen-bond acceptors (Lipinski definition) is 5. The normalized spacial score (nSPS) is 13.7. The molecule has 34 heavy (non-hydrogen) atoms. The van der Waals surface area contributed by atoms with E-state index in [1.807, 2.05) is 0 Å². The standard InChI is InChI=1S/C23H19F4N5O2/c1-2-22(34,23(25,26)27)20-12-32(31-30-20)11-13-6-7-16-17(14-4-3-5-15(24)9-14)10-19(21(28)33)29-18(16)8-13/h3-10,12,34H,2,11H2,1H3,(H2,28,33).